The second-order valence-electron chi connectivity index (χ2n) is 5.43. The molecule has 1 N–H and O–H groups in total. The maximum Gasteiger partial charge on any atom is 0.337 e. The first-order valence-electron chi connectivity index (χ1n) is 7.51. The smallest absolute Gasteiger partial charge is 0.337 e. The Bertz CT molecular complexity index is 922. The highest BCUT2D eigenvalue weighted by Crippen LogP contribution is 2.29. The van der Waals surface area contributed by atoms with E-state index in [1.54, 1.807) is 6.92 Å². The van der Waals surface area contributed by atoms with Crippen molar-refractivity contribution in [1.29, 1.82) is 0 Å². The minimum atomic E-state index is -1.03. The molecule has 7 heteroatoms. The zero-order chi connectivity index (χ0) is 18.0. The first-order valence-corrected chi connectivity index (χ1v) is 8.30. The number of pyridine rings is 1. The molecule has 1 aromatic carbocycles. The Morgan fingerprint density at radius 2 is 2.00 bits per heavy atom. The average molecular weight is 403 g/mol. The van der Waals surface area contributed by atoms with Crippen molar-refractivity contribution in [2.24, 2.45) is 0 Å². The zero-order valence-electron chi connectivity index (χ0n) is 13.6. The first-order chi connectivity index (χ1) is 12.0. The molecule has 0 aliphatic rings. The molecule has 0 aliphatic carbocycles. The van der Waals surface area contributed by atoms with E-state index in [2.05, 4.69) is 26.1 Å². The van der Waals surface area contributed by atoms with Gasteiger partial charge in [0.15, 0.2) is 0 Å². The number of aromatic nitrogens is 2. The Morgan fingerprint density at radius 1 is 1.28 bits per heavy atom. The third-order valence-corrected chi connectivity index (χ3v) is 4.32. The van der Waals surface area contributed by atoms with Gasteiger partial charge in [-0.1, -0.05) is 35.5 Å². The Labute approximate surface area is 152 Å². The van der Waals surface area contributed by atoms with E-state index in [0.717, 1.165) is 11.1 Å². The van der Waals surface area contributed by atoms with Gasteiger partial charge in [0, 0.05) is 5.56 Å². The van der Waals surface area contributed by atoms with Crippen LogP contribution >= 0.6 is 15.9 Å². The monoisotopic (exact) mass is 402 g/mol. The number of halogens is 1. The normalized spacial score (nSPS) is 10.7. The number of carboxylic acids is 1. The van der Waals surface area contributed by atoms with Crippen molar-refractivity contribution in [2.75, 3.05) is 0 Å². The molecule has 0 atom stereocenters. The van der Waals surface area contributed by atoms with Crippen LogP contribution in [0.3, 0.4) is 0 Å². The summed E-state index contributed by atoms with van der Waals surface area (Å²) in [5.74, 6) is -0.0468. The van der Waals surface area contributed by atoms with E-state index in [4.69, 9.17) is 14.4 Å². The van der Waals surface area contributed by atoms with Crippen LogP contribution in [0.15, 0.2) is 45.4 Å². The molecule has 3 rings (SSSR count). The summed E-state index contributed by atoms with van der Waals surface area (Å²) in [6.45, 7) is 3.65. The van der Waals surface area contributed by atoms with Crippen LogP contribution in [0.25, 0.3) is 11.3 Å². The Morgan fingerprint density at radius 3 is 2.68 bits per heavy atom. The van der Waals surface area contributed by atoms with Crippen molar-refractivity contribution in [3.8, 4) is 17.1 Å². The van der Waals surface area contributed by atoms with Gasteiger partial charge in [0.2, 0.25) is 5.88 Å². The molecular weight excluding hydrogens is 388 g/mol. The van der Waals surface area contributed by atoms with E-state index in [9.17, 15) is 4.79 Å². The molecule has 3 aromatic rings. The molecule has 25 heavy (non-hydrogen) atoms. The third-order valence-electron chi connectivity index (χ3n) is 3.75. The van der Waals surface area contributed by atoms with Crippen LogP contribution in [-0.2, 0) is 6.61 Å². The van der Waals surface area contributed by atoms with E-state index in [1.807, 2.05) is 37.3 Å². The third kappa shape index (κ3) is 3.56. The largest absolute Gasteiger partial charge is 0.478 e. The van der Waals surface area contributed by atoms with Gasteiger partial charge in [-0.2, -0.15) is 0 Å². The van der Waals surface area contributed by atoms with Crippen molar-refractivity contribution < 1.29 is 19.2 Å². The van der Waals surface area contributed by atoms with Crippen LogP contribution in [0.5, 0.6) is 5.88 Å². The minimum absolute atomic E-state index is 0.130. The van der Waals surface area contributed by atoms with Crippen molar-refractivity contribution >= 4 is 21.9 Å². The van der Waals surface area contributed by atoms with Crippen molar-refractivity contribution in [2.45, 2.75) is 20.5 Å². The maximum atomic E-state index is 11.2. The number of carbonyl (C=O) groups is 1. The number of rotatable bonds is 5. The van der Waals surface area contributed by atoms with E-state index >= 15 is 0 Å². The quantitative estimate of drug-likeness (QED) is 0.680. The Kier molecular flexibility index (Phi) is 4.85. The number of hydrogen-bond donors (Lipinski definition) is 1. The SMILES string of the molecule is Cc1nc(OCc2c(-c3ccccc3)noc2C)c(Br)cc1C(=O)O. The van der Waals surface area contributed by atoms with Crippen LogP contribution in [-0.4, -0.2) is 21.2 Å². The average Bonchev–Trinajstić information content (AvgIpc) is 2.96. The lowest BCUT2D eigenvalue weighted by Gasteiger charge is -2.10. The second-order valence-corrected chi connectivity index (χ2v) is 6.29. The van der Waals surface area contributed by atoms with Crippen LogP contribution in [0.1, 0.15) is 27.4 Å². The van der Waals surface area contributed by atoms with Gasteiger partial charge in [-0.15, -0.1) is 0 Å². The van der Waals surface area contributed by atoms with Gasteiger partial charge in [0.1, 0.15) is 18.1 Å². The lowest BCUT2D eigenvalue weighted by Crippen LogP contribution is -2.05. The van der Waals surface area contributed by atoms with Gasteiger partial charge in [-0.25, -0.2) is 9.78 Å². The summed E-state index contributed by atoms with van der Waals surface area (Å²) in [6, 6.07) is 11.2. The topological polar surface area (TPSA) is 85.5 Å². The number of hydrogen-bond acceptors (Lipinski definition) is 5. The van der Waals surface area contributed by atoms with Gasteiger partial charge in [0.05, 0.1) is 21.3 Å². The Balaban J connectivity index is 1.87. The molecule has 0 amide bonds. The molecule has 0 radical (unpaired) electrons. The van der Waals surface area contributed by atoms with Crippen LogP contribution < -0.4 is 4.74 Å². The van der Waals surface area contributed by atoms with Gasteiger partial charge < -0.3 is 14.4 Å². The molecule has 6 nitrogen and oxygen atoms in total. The van der Waals surface area contributed by atoms with Gasteiger partial charge in [0.25, 0.3) is 0 Å². The summed E-state index contributed by atoms with van der Waals surface area (Å²) < 4.78 is 11.6. The number of nitrogens with zero attached hydrogens (tertiary/aromatic N) is 2. The summed E-state index contributed by atoms with van der Waals surface area (Å²) in [7, 11) is 0. The maximum absolute atomic E-state index is 11.2. The van der Waals surface area contributed by atoms with Crippen molar-refractivity contribution in [1.82, 2.24) is 10.1 Å². The lowest BCUT2D eigenvalue weighted by molar-refractivity contribution is 0.0695. The molecule has 0 saturated carbocycles. The van der Waals surface area contributed by atoms with Crippen molar-refractivity contribution in [3.05, 3.63) is 63.5 Å². The number of ether oxygens (including phenoxy) is 1. The fourth-order valence-corrected chi connectivity index (χ4v) is 2.83. The molecule has 2 aromatic heterocycles. The highest BCUT2D eigenvalue weighted by Gasteiger charge is 2.18. The standard InChI is InChI=1S/C18H15BrN2O4/c1-10-13(18(22)23)8-15(19)17(20-10)24-9-14-11(2)25-21-16(14)12-6-4-3-5-7-12/h3-8H,9H2,1-2H3,(H,22,23). The van der Waals surface area contributed by atoms with E-state index < -0.39 is 5.97 Å². The molecule has 0 unspecified atom stereocenters. The molecule has 0 fully saturated rings. The Hall–Kier alpha value is -2.67. The second kappa shape index (κ2) is 7.06. The molecule has 0 spiro atoms. The van der Waals surface area contributed by atoms with E-state index in [0.29, 0.717) is 27.5 Å². The summed E-state index contributed by atoms with van der Waals surface area (Å²) in [5.41, 5.74) is 2.98. The molecule has 128 valence electrons. The van der Waals surface area contributed by atoms with Crippen LogP contribution in [0.2, 0.25) is 0 Å². The highest BCUT2D eigenvalue weighted by molar-refractivity contribution is 9.10. The highest BCUT2D eigenvalue weighted by atomic mass is 79.9. The van der Waals surface area contributed by atoms with Gasteiger partial charge >= 0.3 is 5.97 Å². The molecule has 0 saturated heterocycles. The number of carboxylic acid groups (broad SMARTS) is 1. The fraction of sp³-hybridized carbons (Fsp3) is 0.167. The number of aromatic carboxylic acids is 1. The number of benzene rings is 1. The lowest BCUT2D eigenvalue weighted by atomic mass is 10.1. The van der Waals surface area contributed by atoms with Crippen LogP contribution in [0, 0.1) is 13.8 Å². The predicted molar refractivity (Wildman–Crippen MR) is 94.6 cm³/mol. The molecular formula is C18H15BrN2O4. The summed E-state index contributed by atoms with van der Waals surface area (Å²) >= 11 is 3.31. The van der Waals surface area contributed by atoms with E-state index in [-0.39, 0.29) is 12.2 Å². The molecule has 0 bridgehead atoms. The zero-order valence-corrected chi connectivity index (χ0v) is 15.2. The molecule has 2 heterocycles. The van der Waals surface area contributed by atoms with Crippen LogP contribution in [0.4, 0.5) is 0 Å². The summed E-state index contributed by atoms with van der Waals surface area (Å²) in [5, 5.41) is 13.2. The fourth-order valence-electron chi connectivity index (χ4n) is 2.40. The first kappa shape index (κ1) is 17.2. The summed E-state index contributed by atoms with van der Waals surface area (Å²) in [4.78, 5) is 15.4. The minimum Gasteiger partial charge on any atom is -0.478 e. The summed E-state index contributed by atoms with van der Waals surface area (Å²) in [6.07, 6.45) is 0. The van der Waals surface area contributed by atoms with Crippen molar-refractivity contribution in [3.63, 3.8) is 0 Å². The van der Waals surface area contributed by atoms with E-state index in [1.165, 1.54) is 6.07 Å². The van der Waals surface area contributed by atoms with Gasteiger partial charge in [-0.3, -0.25) is 0 Å². The predicted octanol–water partition coefficient (Wildman–Crippen LogP) is 4.39. The number of aryl methyl sites for hydroxylation is 2. The van der Waals surface area contributed by atoms with Gasteiger partial charge in [-0.05, 0) is 35.8 Å². The molecule has 0 aliphatic heterocycles.